The zero-order valence-corrected chi connectivity index (χ0v) is 22.1. The van der Waals surface area contributed by atoms with Crippen LogP contribution in [0.2, 0.25) is 0 Å². The summed E-state index contributed by atoms with van der Waals surface area (Å²) in [6.07, 6.45) is 3.08. The number of aryl methyl sites for hydroxylation is 1. The van der Waals surface area contributed by atoms with E-state index in [-0.39, 0.29) is 29.1 Å². The molecule has 1 atom stereocenters. The second-order valence-corrected chi connectivity index (χ2v) is 10.9. The Morgan fingerprint density at radius 3 is 2.68 bits per heavy atom. The molecule has 0 saturated carbocycles. The van der Waals surface area contributed by atoms with Crippen LogP contribution in [0.5, 0.6) is 0 Å². The highest BCUT2D eigenvalue weighted by Crippen LogP contribution is 2.36. The number of hydrogen-bond acceptors (Lipinski definition) is 6. The van der Waals surface area contributed by atoms with E-state index in [2.05, 4.69) is 19.6 Å². The molecule has 9 nitrogen and oxygen atoms in total. The first kappa shape index (κ1) is 26.4. The molecule has 1 N–H and O–H groups in total. The zero-order chi connectivity index (χ0) is 26.9. The van der Waals surface area contributed by atoms with Gasteiger partial charge in [0.15, 0.2) is 5.03 Å². The Morgan fingerprint density at radius 2 is 2.00 bits per heavy atom. The van der Waals surface area contributed by atoms with Crippen LogP contribution in [0.4, 0.5) is 10.2 Å². The third-order valence-corrected chi connectivity index (χ3v) is 8.04. The maximum atomic E-state index is 14.9. The molecule has 1 aliphatic rings. The molecule has 0 saturated heterocycles. The molecule has 2 aromatic heterocycles. The average molecular weight is 525 g/mol. The van der Waals surface area contributed by atoms with Crippen molar-refractivity contribution in [3.63, 3.8) is 0 Å². The van der Waals surface area contributed by atoms with E-state index >= 15 is 0 Å². The molecule has 1 aromatic carbocycles. The first-order valence-electron chi connectivity index (χ1n) is 12.0. The minimum Gasteiger partial charge on any atom is -0.361 e. The van der Waals surface area contributed by atoms with Crippen LogP contribution in [0, 0.1) is 12.4 Å². The van der Waals surface area contributed by atoms with Gasteiger partial charge in [-0.25, -0.2) is 9.11 Å². The summed E-state index contributed by atoms with van der Waals surface area (Å²) in [6, 6.07) is 5.94. The van der Waals surface area contributed by atoms with Crippen molar-refractivity contribution in [3.8, 4) is 11.1 Å². The number of amides is 1. The number of nitrogens with zero attached hydrogens (tertiary/aromatic N) is 5. The van der Waals surface area contributed by atoms with E-state index in [9.17, 15) is 17.6 Å². The van der Waals surface area contributed by atoms with Gasteiger partial charge in [0.1, 0.15) is 12.0 Å². The standard InChI is InChI=1S/C26H29FN6O3S/c1-6-33-23(16(2)32(4)5)15-26(30-33)37(35,36)31-25(34)14-21-18-8-7-9-19(18)22(27)13-20(21)17-10-11-29-24(12-17)28-3/h10-13,15-16H,6-9,14H2,1-2,4-5H3,(H,31,34). The number of pyridine rings is 1. The van der Waals surface area contributed by atoms with E-state index in [1.165, 1.54) is 24.4 Å². The van der Waals surface area contributed by atoms with Crippen molar-refractivity contribution in [2.24, 2.45) is 0 Å². The van der Waals surface area contributed by atoms with Gasteiger partial charge in [-0.2, -0.15) is 13.5 Å². The number of carbonyl (C=O) groups excluding carboxylic acids is 1. The van der Waals surface area contributed by atoms with Gasteiger partial charge < -0.3 is 9.74 Å². The van der Waals surface area contributed by atoms with E-state index < -0.39 is 15.9 Å². The number of benzene rings is 1. The monoisotopic (exact) mass is 524 g/mol. The summed E-state index contributed by atoms with van der Waals surface area (Å²) >= 11 is 0. The maximum Gasteiger partial charge on any atom is 0.283 e. The van der Waals surface area contributed by atoms with E-state index in [1.807, 2.05) is 32.8 Å². The molecule has 0 radical (unpaired) electrons. The molecular formula is C26H29FN6O3S. The molecule has 0 spiro atoms. The van der Waals surface area contributed by atoms with E-state index in [0.717, 1.165) is 12.0 Å². The van der Waals surface area contributed by atoms with Gasteiger partial charge in [-0.15, -0.1) is 4.98 Å². The normalized spacial score (nSPS) is 13.9. The quantitative estimate of drug-likeness (QED) is 0.450. The predicted molar refractivity (Wildman–Crippen MR) is 137 cm³/mol. The molecule has 4 rings (SSSR count). The summed E-state index contributed by atoms with van der Waals surface area (Å²) in [5, 5.41) is 3.99. The van der Waals surface area contributed by atoms with Crippen LogP contribution >= 0.6 is 0 Å². The predicted octanol–water partition coefficient (Wildman–Crippen LogP) is 3.81. The minimum absolute atomic E-state index is 0.0860. The van der Waals surface area contributed by atoms with Gasteiger partial charge in [0, 0.05) is 18.7 Å². The Kier molecular flexibility index (Phi) is 7.43. The van der Waals surface area contributed by atoms with Crippen LogP contribution in [0.15, 0.2) is 35.5 Å². The highest BCUT2D eigenvalue weighted by Gasteiger charge is 2.28. The highest BCUT2D eigenvalue weighted by molar-refractivity contribution is 7.90. The van der Waals surface area contributed by atoms with Crippen LogP contribution in [0.25, 0.3) is 16.0 Å². The van der Waals surface area contributed by atoms with Crippen LogP contribution in [0.3, 0.4) is 0 Å². The van der Waals surface area contributed by atoms with Gasteiger partial charge in [0.2, 0.25) is 5.91 Å². The topological polar surface area (TPSA) is 102 Å². The van der Waals surface area contributed by atoms with Crippen molar-refractivity contribution >= 4 is 21.7 Å². The summed E-state index contributed by atoms with van der Waals surface area (Å²) in [7, 11) is -0.465. The summed E-state index contributed by atoms with van der Waals surface area (Å²) in [4.78, 5) is 22.4. The molecule has 0 aliphatic heterocycles. The largest absolute Gasteiger partial charge is 0.361 e. The summed E-state index contributed by atoms with van der Waals surface area (Å²) in [6.45, 7) is 11.5. The molecule has 0 bridgehead atoms. The van der Waals surface area contributed by atoms with Crippen molar-refractivity contribution in [3.05, 3.63) is 70.1 Å². The second-order valence-electron chi connectivity index (χ2n) is 9.28. The molecule has 11 heteroatoms. The number of halogens is 1. The zero-order valence-electron chi connectivity index (χ0n) is 21.2. The van der Waals surface area contributed by atoms with Crippen molar-refractivity contribution < 1.29 is 17.6 Å². The van der Waals surface area contributed by atoms with Crippen LogP contribution in [-0.4, -0.2) is 48.1 Å². The number of aromatic nitrogens is 3. The number of fused-ring (bicyclic) bond motifs is 1. The van der Waals surface area contributed by atoms with Crippen LogP contribution in [0.1, 0.15) is 48.7 Å². The average Bonchev–Trinajstić information content (AvgIpc) is 3.53. The minimum atomic E-state index is -4.23. The van der Waals surface area contributed by atoms with Gasteiger partial charge in [0.25, 0.3) is 15.8 Å². The van der Waals surface area contributed by atoms with Crippen molar-refractivity contribution in [2.45, 2.75) is 57.1 Å². The lowest BCUT2D eigenvalue weighted by Crippen LogP contribution is -2.32. The highest BCUT2D eigenvalue weighted by atomic mass is 32.2. The van der Waals surface area contributed by atoms with Crippen molar-refractivity contribution in [1.82, 2.24) is 24.4 Å². The first-order chi connectivity index (χ1) is 17.6. The molecule has 3 aromatic rings. The Balaban J connectivity index is 1.68. The summed E-state index contributed by atoms with van der Waals surface area (Å²) in [5.74, 6) is -0.964. The second kappa shape index (κ2) is 10.4. The van der Waals surface area contributed by atoms with Gasteiger partial charge in [-0.1, -0.05) is 6.57 Å². The first-order valence-corrected chi connectivity index (χ1v) is 13.5. The fourth-order valence-corrected chi connectivity index (χ4v) is 5.66. The lowest BCUT2D eigenvalue weighted by atomic mass is 9.91. The third-order valence-electron chi connectivity index (χ3n) is 6.79. The Bertz CT molecular complexity index is 1510. The van der Waals surface area contributed by atoms with E-state index in [4.69, 9.17) is 6.57 Å². The fourth-order valence-electron chi connectivity index (χ4n) is 4.70. The molecule has 1 aliphatic carbocycles. The van der Waals surface area contributed by atoms with Crippen LogP contribution in [-0.2, 0) is 40.6 Å². The van der Waals surface area contributed by atoms with Gasteiger partial charge in [-0.3, -0.25) is 9.48 Å². The molecule has 37 heavy (non-hydrogen) atoms. The fraction of sp³-hybridized carbons (Fsp3) is 0.385. The molecule has 194 valence electrons. The van der Waals surface area contributed by atoms with E-state index in [0.29, 0.717) is 47.3 Å². The van der Waals surface area contributed by atoms with Crippen molar-refractivity contribution in [2.75, 3.05) is 14.1 Å². The smallest absolute Gasteiger partial charge is 0.283 e. The molecule has 2 heterocycles. The lowest BCUT2D eigenvalue weighted by Gasteiger charge is -2.20. The number of sulfonamides is 1. The van der Waals surface area contributed by atoms with Crippen molar-refractivity contribution in [1.29, 1.82) is 0 Å². The molecule has 1 amide bonds. The Hall–Kier alpha value is -3.62. The van der Waals surface area contributed by atoms with Gasteiger partial charge in [0.05, 0.1) is 12.1 Å². The van der Waals surface area contributed by atoms with Gasteiger partial charge >= 0.3 is 0 Å². The lowest BCUT2D eigenvalue weighted by molar-refractivity contribution is -0.118. The van der Waals surface area contributed by atoms with Gasteiger partial charge in [-0.05, 0) is 93.2 Å². The number of hydrogen-bond donors (Lipinski definition) is 1. The maximum absolute atomic E-state index is 14.9. The Morgan fingerprint density at radius 1 is 1.27 bits per heavy atom. The summed E-state index contributed by atoms with van der Waals surface area (Å²) in [5.41, 5.74) is 3.55. The SMILES string of the molecule is [C-]#[N+]c1cc(-c2cc(F)c3c(c2CC(=O)NS(=O)(=O)c2cc(C(C)N(C)C)n(CC)n2)CCC3)ccn1. The number of nitrogens with one attached hydrogen (secondary N) is 1. The molecule has 1 unspecified atom stereocenters. The molecular weight excluding hydrogens is 495 g/mol. The van der Waals surface area contributed by atoms with Crippen LogP contribution < -0.4 is 4.72 Å². The third kappa shape index (κ3) is 5.26. The van der Waals surface area contributed by atoms with E-state index in [1.54, 1.807) is 10.7 Å². The summed E-state index contributed by atoms with van der Waals surface area (Å²) < 4.78 is 44.9. The Labute approximate surface area is 216 Å². The molecule has 0 fully saturated rings. The number of carbonyl (C=O) groups is 1. The number of rotatable bonds is 8.